The maximum absolute atomic E-state index is 12.4. The van der Waals surface area contributed by atoms with Crippen molar-refractivity contribution in [3.63, 3.8) is 0 Å². The van der Waals surface area contributed by atoms with E-state index in [4.69, 9.17) is 0 Å². The van der Waals surface area contributed by atoms with E-state index in [2.05, 4.69) is 20.6 Å². The van der Waals surface area contributed by atoms with Crippen LogP contribution in [-0.4, -0.2) is 30.8 Å². The minimum atomic E-state index is -2.76. The van der Waals surface area contributed by atoms with Gasteiger partial charge in [0.05, 0.1) is 10.6 Å². The lowest BCUT2D eigenvalue weighted by Crippen LogP contribution is -2.13. The number of carbonyl (C=O) groups is 1. The van der Waals surface area contributed by atoms with Crippen LogP contribution in [0.2, 0.25) is 0 Å². The van der Waals surface area contributed by atoms with Gasteiger partial charge in [0.15, 0.2) is 10.7 Å². The monoisotopic (exact) mass is 366 g/mol. The molecule has 25 heavy (non-hydrogen) atoms. The molecule has 2 heterocycles. The summed E-state index contributed by atoms with van der Waals surface area (Å²) in [6.07, 6.45) is -1.27. The number of nitrogens with one attached hydrogen (secondary N) is 1. The van der Waals surface area contributed by atoms with Crippen LogP contribution in [0.5, 0.6) is 0 Å². The fourth-order valence-corrected chi connectivity index (χ4v) is 2.44. The Bertz CT molecular complexity index is 924. The summed E-state index contributed by atoms with van der Waals surface area (Å²) < 4.78 is 26.2. The summed E-state index contributed by atoms with van der Waals surface area (Å²) in [5.74, 6) is -0.641. The first-order valence-corrected chi connectivity index (χ1v) is 7.49. The van der Waals surface area contributed by atoms with Crippen LogP contribution < -0.4 is 5.32 Å². The number of carbonyl (C=O) groups excluding carboxylic acids is 1. The van der Waals surface area contributed by atoms with Crippen LogP contribution >= 0.6 is 11.3 Å². The maximum atomic E-state index is 12.4. The topological polar surface area (TPSA) is 116 Å². The molecule has 3 rings (SSSR count). The average Bonchev–Trinajstić information content (AvgIpc) is 3.24. The van der Waals surface area contributed by atoms with Gasteiger partial charge in [-0.3, -0.25) is 20.2 Å². The Morgan fingerprint density at radius 2 is 1.96 bits per heavy atom. The maximum Gasteiger partial charge on any atom is 0.291 e. The molecular weight excluding hydrogens is 358 g/mol. The van der Waals surface area contributed by atoms with Crippen molar-refractivity contribution in [3.05, 3.63) is 57.3 Å². The zero-order chi connectivity index (χ0) is 18.0. The highest BCUT2D eigenvalue weighted by Crippen LogP contribution is 2.25. The number of anilines is 1. The quantitative estimate of drug-likeness (QED) is 0.548. The molecule has 1 aromatic carbocycles. The number of nitro benzene ring substituents is 1. The van der Waals surface area contributed by atoms with Crippen LogP contribution in [0, 0.1) is 10.1 Å². The highest BCUT2D eigenvalue weighted by Gasteiger charge is 2.17. The highest BCUT2D eigenvalue weighted by atomic mass is 32.1. The second kappa shape index (κ2) is 6.68. The highest BCUT2D eigenvalue weighted by molar-refractivity contribution is 7.15. The molecule has 0 saturated carbocycles. The van der Waals surface area contributed by atoms with Gasteiger partial charge in [-0.1, -0.05) is 11.3 Å². The second-order valence-electron chi connectivity index (χ2n) is 4.62. The largest absolute Gasteiger partial charge is 0.295 e. The number of amides is 1. The lowest BCUT2D eigenvalue weighted by atomic mass is 10.3. The standard InChI is InChI=1S/C13H8F2N6O3S/c14-10(15)12-17-18-13(25-12)16-11(22)9-5-6-20(19-9)7-1-3-8(4-2-7)21(23)24/h1-6,10H,(H,16,18,22). The smallest absolute Gasteiger partial charge is 0.291 e. The van der Waals surface area contributed by atoms with Crippen molar-refractivity contribution >= 4 is 28.1 Å². The molecule has 0 saturated heterocycles. The van der Waals surface area contributed by atoms with Crippen LogP contribution in [0.15, 0.2) is 36.5 Å². The molecule has 0 unspecified atom stereocenters. The number of alkyl halides is 2. The molecule has 0 bridgehead atoms. The fourth-order valence-electron chi connectivity index (χ4n) is 1.85. The van der Waals surface area contributed by atoms with Crippen molar-refractivity contribution in [1.29, 1.82) is 0 Å². The third-order valence-corrected chi connectivity index (χ3v) is 3.84. The molecule has 1 amide bonds. The van der Waals surface area contributed by atoms with E-state index in [0.29, 0.717) is 17.0 Å². The molecular formula is C13H8F2N6O3S. The lowest BCUT2D eigenvalue weighted by Gasteiger charge is -2.01. The molecule has 0 radical (unpaired) electrons. The lowest BCUT2D eigenvalue weighted by molar-refractivity contribution is -0.384. The fraction of sp³-hybridized carbons (Fsp3) is 0.0769. The van der Waals surface area contributed by atoms with Gasteiger partial charge < -0.3 is 0 Å². The van der Waals surface area contributed by atoms with Gasteiger partial charge in [0, 0.05) is 18.3 Å². The van der Waals surface area contributed by atoms with Crippen molar-refractivity contribution in [1.82, 2.24) is 20.0 Å². The Kier molecular flexibility index (Phi) is 4.43. The van der Waals surface area contributed by atoms with Gasteiger partial charge in [0.1, 0.15) is 0 Å². The number of nitro groups is 1. The van der Waals surface area contributed by atoms with Crippen LogP contribution in [0.1, 0.15) is 21.9 Å². The van der Waals surface area contributed by atoms with Gasteiger partial charge in [-0.25, -0.2) is 13.5 Å². The molecule has 0 spiro atoms. The van der Waals surface area contributed by atoms with Gasteiger partial charge in [-0.05, 0) is 18.2 Å². The van der Waals surface area contributed by atoms with E-state index in [1.807, 2.05) is 0 Å². The third kappa shape index (κ3) is 3.63. The van der Waals surface area contributed by atoms with E-state index in [0.717, 1.165) is 0 Å². The van der Waals surface area contributed by atoms with E-state index in [1.165, 1.54) is 41.2 Å². The molecule has 0 atom stereocenters. The Balaban J connectivity index is 1.73. The van der Waals surface area contributed by atoms with E-state index in [-0.39, 0.29) is 16.5 Å². The number of halogens is 2. The summed E-state index contributed by atoms with van der Waals surface area (Å²) in [6.45, 7) is 0. The molecule has 128 valence electrons. The Morgan fingerprint density at radius 3 is 2.56 bits per heavy atom. The van der Waals surface area contributed by atoms with E-state index < -0.39 is 22.3 Å². The molecule has 1 N–H and O–H groups in total. The van der Waals surface area contributed by atoms with E-state index in [1.54, 1.807) is 0 Å². The minimum Gasteiger partial charge on any atom is -0.295 e. The zero-order valence-electron chi connectivity index (χ0n) is 12.2. The van der Waals surface area contributed by atoms with Crippen molar-refractivity contribution in [2.45, 2.75) is 6.43 Å². The molecule has 0 fully saturated rings. The zero-order valence-corrected chi connectivity index (χ0v) is 13.0. The summed E-state index contributed by atoms with van der Waals surface area (Å²) in [6, 6.07) is 6.98. The van der Waals surface area contributed by atoms with Crippen molar-refractivity contribution in [2.24, 2.45) is 0 Å². The van der Waals surface area contributed by atoms with E-state index in [9.17, 15) is 23.7 Å². The first kappa shape index (κ1) is 16.6. The number of aromatic nitrogens is 4. The van der Waals surface area contributed by atoms with Crippen molar-refractivity contribution in [3.8, 4) is 5.69 Å². The summed E-state index contributed by atoms with van der Waals surface area (Å²) in [7, 11) is 0. The summed E-state index contributed by atoms with van der Waals surface area (Å²) in [5.41, 5.74) is 0.465. The van der Waals surface area contributed by atoms with Gasteiger partial charge in [0.25, 0.3) is 18.0 Å². The Morgan fingerprint density at radius 1 is 1.24 bits per heavy atom. The molecule has 0 aliphatic rings. The van der Waals surface area contributed by atoms with Gasteiger partial charge in [-0.15, -0.1) is 10.2 Å². The molecule has 9 nitrogen and oxygen atoms in total. The number of benzene rings is 1. The van der Waals surface area contributed by atoms with Gasteiger partial charge in [-0.2, -0.15) is 5.10 Å². The number of hydrogen-bond acceptors (Lipinski definition) is 7. The number of rotatable bonds is 5. The number of hydrogen-bond donors (Lipinski definition) is 1. The first-order chi connectivity index (χ1) is 11.9. The van der Waals surface area contributed by atoms with Crippen LogP contribution in [0.4, 0.5) is 19.6 Å². The molecule has 2 aromatic heterocycles. The SMILES string of the molecule is O=C(Nc1nnc(C(F)F)s1)c1ccn(-c2ccc([N+](=O)[O-])cc2)n1. The molecule has 0 aliphatic heterocycles. The minimum absolute atomic E-state index is 0.0205. The Hall–Kier alpha value is -3.28. The summed E-state index contributed by atoms with van der Waals surface area (Å²) in [5, 5.41) is 23.2. The molecule has 0 aliphatic carbocycles. The molecule has 3 aromatic rings. The average molecular weight is 366 g/mol. The van der Waals surface area contributed by atoms with Gasteiger partial charge in [0.2, 0.25) is 5.13 Å². The van der Waals surface area contributed by atoms with E-state index >= 15 is 0 Å². The molecule has 12 heteroatoms. The van der Waals surface area contributed by atoms with Crippen LogP contribution in [0.3, 0.4) is 0 Å². The van der Waals surface area contributed by atoms with Crippen molar-refractivity contribution in [2.75, 3.05) is 5.32 Å². The van der Waals surface area contributed by atoms with Crippen LogP contribution in [-0.2, 0) is 0 Å². The summed E-state index contributed by atoms with van der Waals surface area (Å²) >= 11 is 0.569. The second-order valence-corrected chi connectivity index (χ2v) is 5.63. The Labute approximate surface area is 142 Å². The predicted octanol–water partition coefficient (Wildman–Crippen LogP) is 2.82. The normalized spacial score (nSPS) is 10.8. The van der Waals surface area contributed by atoms with Crippen molar-refractivity contribution < 1.29 is 18.5 Å². The predicted molar refractivity (Wildman–Crippen MR) is 83.0 cm³/mol. The number of nitrogens with zero attached hydrogens (tertiary/aromatic N) is 5. The number of non-ortho nitro benzene ring substituents is 1. The van der Waals surface area contributed by atoms with Crippen LogP contribution in [0.25, 0.3) is 5.69 Å². The summed E-state index contributed by atoms with van der Waals surface area (Å²) in [4.78, 5) is 22.2. The third-order valence-electron chi connectivity index (χ3n) is 2.99. The first-order valence-electron chi connectivity index (χ1n) is 6.67. The van der Waals surface area contributed by atoms with Gasteiger partial charge >= 0.3 is 0 Å².